The van der Waals surface area contributed by atoms with Gasteiger partial charge in [-0.15, -0.1) is 10.2 Å². The predicted octanol–water partition coefficient (Wildman–Crippen LogP) is 4.43. The van der Waals surface area contributed by atoms with Gasteiger partial charge in [-0.25, -0.2) is 9.97 Å². The molecule has 1 fully saturated rings. The van der Waals surface area contributed by atoms with Crippen LogP contribution in [0.1, 0.15) is 37.1 Å². The minimum Gasteiger partial charge on any atom is -0.413 e. The standard InChI is InChI=1S/C18H16F3N5O/c19-18(20,21)15-26-25-14(27-15)12-10-22-16(23-11-12)24-17(8-4-5-9-17)13-6-2-1-3-7-13/h1-3,6-7,10-11H,4-5,8-9H2,(H,22,23,24). The molecule has 2 aromatic heterocycles. The Bertz CT molecular complexity index is 903. The highest BCUT2D eigenvalue weighted by molar-refractivity contribution is 5.51. The van der Waals surface area contributed by atoms with Crippen LogP contribution in [0.2, 0.25) is 0 Å². The molecule has 1 aromatic carbocycles. The van der Waals surface area contributed by atoms with E-state index < -0.39 is 12.1 Å². The molecule has 140 valence electrons. The Labute approximate surface area is 152 Å². The van der Waals surface area contributed by atoms with Gasteiger partial charge < -0.3 is 9.73 Å². The van der Waals surface area contributed by atoms with Crippen LogP contribution in [0, 0.1) is 0 Å². The molecule has 1 saturated carbocycles. The first-order chi connectivity index (χ1) is 13.0. The second kappa shape index (κ2) is 6.64. The minimum absolute atomic E-state index is 0.226. The molecule has 2 heterocycles. The Hall–Kier alpha value is -2.97. The highest BCUT2D eigenvalue weighted by Crippen LogP contribution is 2.41. The number of hydrogen-bond acceptors (Lipinski definition) is 6. The quantitative estimate of drug-likeness (QED) is 0.727. The van der Waals surface area contributed by atoms with Crippen LogP contribution < -0.4 is 5.32 Å². The number of hydrogen-bond donors (Lipinski definition) is 1. The van der Waals surface area contributed by atoms with E-state index in [4.69, 9.17) is 0 Å². The number of halogens is 3. The number of benzene rings is 1. The molecular weight excluding hydrogens is 359 g/mol. The number of anilines is 1. The van der Waals surface area contributed by atoms with E-state index in [1.807, 2.05) is 18.2 Å². The number of rotatable bonds is 4. The summed E-state index contributed by atoms with van der Waals surface area (Å²) in [5.41, 5.74) is 1.15. The average molecular weight is 375 g/mol. The van der Waals surface area contributed by atoms with Crippen LogP contribution in [0.15, 0.2) is 47.1 Å². The predicted molar refractivity (Wildman–Crippen MR) is 90.5 cm³/mol. The summed E-state index contributed by atoms with van der Waals surface area (Å²) in [6.07, 6.45) is 2.18. The third kappa shape index (κ3) is 3.49. The summed E-state index contributed by atoms with van der Waals surface area (Å²) in [5.74, 6) is -1.26. The SMILES string of the molecule is FC(F)(F)c1nnc(-c2cnc(NC3(c4ccccc4)CCCC3)nc2)o1. The molecule has 0 unspecified atom stereocenters. The minimum atomic E-state index is -4.68. The van der Waals surface area contributed by atoms with Crippen LogP contribution >= 0.6 is 0 Å². The molecule has 1 aliphatic rings. The van der Waals surface area contributed by atoms with Crippen LogP contribution in [0.25, 0.3) is 11.5 Å². The zero-order valence-corrected chi connectivity index (χ0v) is 14.2. The van der Waals surface area contributed by atoms with Gasteiger partial charge in [0.05, 0.1) is 11.1 Å². The summed E-state index contributed by atoms with van der Waals surface area (Å²) in [6.45, 7) is 0. The van der Waals surface area contributed by atoms with Gasteiger partial charge in [-0.1, -0.05) is 43.2 Å². The monoisotopic (exact) mass is 375 g/mol. The fourth-order valence-electron chi connectivity index (χ4n) is 3.39. The van der Waals surface area contributed by atoms with Crippen molar-refractivity contribution in [3.05, 3.63) is 54.2 Å². The fraction of sp³-hybridized carbons (Fsp3) is 0.333. The third-order valence-corrected chi connectivity index (χ3v) is 4.70. The number of alkyl halides is 3. The lowest BCUT2D eigenvalue weighted by molar-refractivity contribution is -0.156. The smallest absolute Gasteiger partial charge is 0.413 e. The average Bonchev–Trinajstić information content (AvgIpc) is 3.33. The summed E-state index contributed by atoms with van der Waals surface area (Å²) in [7, 11) is 0. The highest BCUT2D eigenvalue weighted by Gasteiger charge is 2.38. The van der Waals surface area contributed by atoms with Gasteiger partial charge in [0.2, 0.25) is 5.95 Å². The molecule has 1 aliphatic carbocycles. The second-order valence-electron chi connectivity index (χ2n) is 6.49. The van der Waals surface area contributed by atoms with Crippen LogP contribution in [-0.4, -0.2) is 20.2 Å². The first-order valence-corrected chi connectivity index (χ1v) is 8.53. The van der Waals surface area contributed by atoms with Crippen molar-refractivity contribution in [3.8, 4) is 11.5 Å². The molecule has 1 N–H and O–H groups in total. The van der Waals surface area contributed by atoms with Crippen molar-refractivity contribution in [2.45, 2.75) is 37.4 Å². The molecule has 27 heavy (non-hydrogen) atoms. The molecule has 3 aromatic rings. The van der Waals surface area contributed by atoms with Crippen molar-refractivity contribution in [2.24, 2.45) is 0 Å². The van der Waals surface area contributed by atoms with Crippen molar-refractivity contribution in [3.63, 3.8) is 0 Å². The van der Waals surface area contributed by atoms with E-state index in [2.05, 4.69) is 42.0 Å². The first-order valence-electron chi connectivity index (χ1n) is 8.53. The zero-order valence-electron chi connectivity index (χ0n) is 14.2. The van der Waals surface area contributed by atoms with Crippen LogP contribution in [0.5, 0.6) is 0 Å². The zero-order chi connectivity index (χ0) is 18.9. The summed E-state index contributed by atoms with van der Waals surface area (Å²) in [4.78, 5) is 8.46. The number of nitrogens with one attached hydrogen (secondary N) is 1. The maximum absolute atomic E-state index is 12.6. The molecule has 9 heteroatoms. The summed E-state index contributed by atoms with van der Waals surface area (Å²) in [5, 5.41) is 9.83. The second-order valence-corrected chi connectivity index (χ2v) is 6.49. The van der Waals surface area contributed by atoms with Crippen molar-refractivity contribution < 1.29 is 17.6 Å². The van der Waals surface area contributed by atoms with Gasteiger partial charge in [0.1, 0.15) is 0 Å². The third-order valence-electron chi connectivity index (χ3n) is 4.70. The van der Waals surface area contributed by atoms with Crippen molar-refractivity contribution >= 4 is 5.95 Å². The maximum Gasteiger partial charge on any atom is 0.470 e. The molecule has 6 nitrogen and oxygen atoms in total. The first kappa shape index (κ1) is 17.4. The molecule has 0 radical (unpaired) electrons. The molecule has 0 atom stereocenters. The molecule has 0 spiro atoms. The highest BCUT2D eigenvalue weighted by atomic mass is 19.4. The molecule has 0 bridgehead atoms. The molecule has 0 aliphatic heterocycles. The topological polar surface area (TPSA) is 76.7 Å². The van der Waals surface area contributed by atoms with Crippen molar-refractivity contribution in [1.82, 2.24) is 20.2 Å². The van der Waals surface area contributed by atoms with Gasteiger partial charge >= 0.3 is 12.1 Å². The van der Waals surface area contributed by atoms with Gasteiger partial charge in [-0.2, -0.15) is 13.2 Å². The molecule has 0 saturated heterocycles. The summed E-state index contributed by atoms with van der Waals surface area (Å²) < 4.78 is 42.4. The van der Waals surface area contributed by atoms with E-state index >= 15 is 0 Å². The van der Waals surface area contributed by atoms with E-state index in [0.717, 1.165) is 25.7 Å². The Morgan fingerprint density at radius 3 is 2.22 bits per heavy atom. The van der Waals surface area contributed by atoms with E-state index in [9.17, 15) is 13.2 Å². The number of nitrogens with zero attached hydrogens (tertiary/aromatic N) is 4. The molecular formula is C18H16F3N5O. The summed E-state index contributed by atoms with van der Waals surface area (Å²) >= 11 is 0. The van der Waals surface area contributed by atoms with Gasteiger partial charge in [0, 0.05) is 12.4 Å². The van der Waals surface area contributed by atoms with E-state index in [0.29, 0.717) is 5.95 Å². The molecule has 0 amide bonds. The molecule has 4 rings (SSSR count). The van der Waals surface area contributed by atoms with E-state index in [-0.39, 0.29) is 17.0 Å². The van der Waals surface area contributed by atoms with Crippen LogP contribution in [0.4, 0.5) is 19.1 Å². The van der Waals surface area contributed by atoms with Gasteiger partial charge in [-0.3, -0.25) is 0 Å². The van der Waals surface area contributed by atoms with Gasteiger partial charge in [0.15, 0.2) is 0 Å². The number of aromatic nitrogens is 4. The Balaban J connectivity index is 1.56. The fourth-order valence-corrected chi connectivity index (χ4v) is 3.39. The van der Waals surface area contributed by atoms with E-state index in [1.54, 1.807) is 0 Å². The van der Waals surface area contributed by atoms with Crippen molar-refractivity contribution in [2.75, 3.05) is 5.32 Å². The lowest BCUT2D eigenvalue weighted by atomic mass is 9.88. The van der Waals surface area contributed by atoms with Gasteiger partial charge in [-0.05, 0) is 18.4 Å². The maximum atomic E-state index is 12.6. The lowest BCUT2D eigenvalue weighted by Gasteiger charge is -2.31. The van der Waals surface area contributed by atoms with Crippen LogP contribution in [-0.2, 0) is 11.7 Å². The Morgan fingerprint density at radius 2 is 1.63 bits per heavy atom. The largest absolute Gasteiger partial charge is 0.470 e. The van der Waals surface area contributed by atoms with Gasteiger partial charge in [0.25, 0.3) is 5.89 Å². The van der Waals surface area contributed by atoms with E-state index in [1.165, 1.54) is 18.0 Å². The van der Waals surface area contributed by atoms with Crippen molar-refractivity contribution in [1.29, 1.82) is 0 Å². The Morgan fingerprint density at radius 1 is 0.963 bits per heavy atom. The lowest BCUT2D eigenvalue weighted by Crippen LogP contribution is -2.32. The normalized spacial score (nSPS) is 16.4. The summed E-state index contributed by atoms with van der Waals surface area (Å²) in [6, 6.07) is 10.1. The Kier molecular flexibility index (Phi) is 4.29. The van der Waals surface area contributed by atoms with Crippen LogP contribution in [0.3, 0.4) is 0 Å².